The minimum atomic E-state index is -0.126. The molecule has 3 heterocycles. The third kappa shape index (κ3) is 3.97. The predicted molar refractivity (Wildman–Crippen MR) is 112 cm³/mol. The number of aromatic nitrogens is 4. The summed E-state index contributed by atoms with van der Waals surface area (Å²) < 4.78 is 1.88. The van der Waals surface area contributed by atoms with Crippen molar-refractivity contribution in [2.45, 2.75) is 39.2 Å². The molecule has 152 valence electrons. The number of aryl methyl sites for hydroxylation is 2. The second kappa shape index (κ2) is 8.08. The standard InChI is InChI=1S/C21H25ClN6O/c1-13-15-5-4-6-16(15)25-18(24-13)9-10-23-11-17-20(21(29)27(2)3)26-19-8-7-14(22)12-28(17)19/h7-8,12,23H,4-6,9-11H2,1-3H3. The average Bonchev–Trinajstić information content (AvgIpc) is 3.29. The smallest absolute Gasteiger partial charge is 0.273 e. The van der Waals surface area contributed by atoms with E-state index in [1.165, 1.54) is 22.6 Å². The van der Waals surface area contributed by atoms with E-state index in [1.54, 1.807) is 26.4 Å². The molecule has 0 unspecified atom stereocenters. The second-order valence-corrected chi connectivity index (χ2v) is 8.05. The Morgan fingerprint density at radius 2 is 2.07 bits per heavy atom. The van der Waals surface area contributed by atoms with Gasteiger partial charge >= 0.3 is 0 Å². The molecule has 7 nitrogen and oxygen atoms in total. The number of hydrogen-bond acceptors (Lipinski definition) is 5. The zero-order valence-corrected chi connectivity index (χ0v) is 17.8. The van der Waals surface area contributed by atoms with Crippen molar-refractivity contribution in [2.75, 3.05) is 20.6 Å². The second-order valence-electron chi connectivity index (χ2n) is 7.61. The molecule has 0 spiro atoms. The maximum atomic E-state index is 12.6. The Morgan fingerprint density at radius 3 is 2.86 bits per heavy atom. The number of pyridine rings is 1. The summed E-state index contributed by atoms with van der Waals surface area (Å²) in [6.45, 7) is 3.28. The highest BCUT2D eigenvalue weighted by molar-refractivity contribution is 6.30. The van der Waals surface area contributed by atoms with Crippen molar-refractivity contribution in [3.05, 3.63) is 57.5 Å². The Kier molecular flexibility index (Phi) is 5.52. The molecule has 0 radical (unpaired) electrons. The summed E-state index contributed by atoms with van der Waals surface area (Å²) >= 11 is 6.16. The van der Waals surface area contributed by atoms with Crippen molar-refractivity contribution < 1.29 is 4.79 Å². The van der Waals surface area contributed by atoms with Gasteiger partial charge in [-0.2, -0.15) is 0 Å². The third-order valence-electron chi connectivity index (χ3n) is 5.29. The van der Waals surface area contributed by atoms with Crippen LogP contribution in [0.4, 0.5) is 0 Å². The highest BCUT2D eigenvalue weighted by atomic mass is 35.5. The minimum Gasteiger partial charge on any atom is -0.343 e. The van der Waals surface area contributed by atoms with Crippen LogP contribution in [0, 0.1) is 6.92 Å². The summed E-state index contributed by atoms with van der Waals surface area (Å²) in [5.41, 5.74) is 5.59. The van der Waals surface area contributed by atoms with Crippen molar-refractivity contribution in [3.8, 4) is 0 Å². The van der Waals surface area contributed by atoms with Crippen LogP contribution in [0.3, 0.4) is 0 Å². The Labute approximate surface area is 175 Å². The molecule has 3 aromatic heterocycles. The number of imidazole rings is 1. The lowest BCUT2D eigenvalue weighted by molar-refractivity contribution is 0.0821. The fourth-order valence-corrected chi connectivity index (χ4v) is 3.98. The van der Waals surface area contributed by atoms with Gasteiger partial charge in [-0.15, -0.1) is 0 Å². The van der Waals surface area contributed by atoms with Gasteiger partial charge < -0.3 is 14.6 Å². The molecular formula is C21H25ClN6O. The van der Waals surface area contributed by atoms with Gasteiger partial charge in [-0.3, -0.25) is 4.79 Å². The van der Waals surface area contributed by atoms with Crippen molar-refractivity contribution >= 4 is 23.2 Å². The number of halogens is 1. The fourth-order valence-electron chi connectivity index (χ4n) is 3.82. The molecule has 0 bridgehead atoms. The molecule has 0 aromatic carbocycles. The summed E-state index contributed by atoms with van der Waals surface area (Å²) in [5.74, 6) is 0.751. The van der Waals surface area contributed by atoms with E-state index in [4.69, 9.17) is 16.6 Å². The maximum Gasteiger partial charge on any atom is 0.273 e. The molecule has 1 aliphatic carbocycles. The molecule has 0 aliphatic heterocycles. The number of carbonyl (C=O) groups excluding carboxylic acids is 1. The molecule has 3 aromatic rings. The van der Waals surface area contributed by atoms with Crippen molar-refractivity contribution in [3.63, 3.8) is 0 Å². The van der Waals surface area contributed by atoms with E-state index in [-0.39, 0.29) is 5.91 Å². The molecule has 0 fully saturated rings. The molecule has 0 saturated carbocycles. The van der Waals surface area contributed by atoms with E-state index < -0.39 is 0 Å². The van der Waals surface area contributed by atoms with Crippen LogP contribution in [0.15, 0.2) is 18.3 Å². The molecule has 0 saturated heterocycles. The van der Waals surface area contributed by atoms with Crippen LogP contribution < -0.4 is 5.32 Å². The number of nitrogens with one attached hydrogen (secondary N) is 1. The molecule has 29 heavy (non-hydrogen) atoms. The van der Waals surface area contributed by atoms with E-state index in [1.807, 2.05) is 10.5 Å². The van der Waals surface area contributed by atoms with Crippen molar-refractivity contribution in [1.29, 1.82) is 0 Å². The minimum absolute atomic E-state index is 0.126. The summed E-state index contributed by atoms with van der Waals surface area (Å²) in [5, 5.41) is 4.01. The van der Waals surface area contributed by atoms with Gasteiger partial charge in [0.25, 0.3) is 5.91 Å². The molecular weight excluding hydrogens is 388 g/mol. The van der Waals surface area contributed by atoms with Gasteiger partial charge in [0.2, 0.25) is 0 Å². The van der Waals surface area contributed by atoms with E-state index >= 15 is 0 Å². The first-order valence-electron chi connectivity index (χ1n) is 9.88. The Balaban J connectivity index is 1.49. The van der Waals surface area contributed by atoms with Gasteiger partial charge in [-0.25, -0.2) is 15.0 Å². The zero-order chi connectivity index (χ0) is 20.5. The van der Waals surface area contributed by atoms with E-state index in [9.17, 15) is 4.79 Å². The summed E-state index contributed by atoms with van der Waals surface area (Å²) in [6.07, 6.45) is 5.85. The first-order chi connectivity index (χ1) is 13.9. The molecule has 0 atom stereocenters. The number of fused-ring (bicyclic) bond motifs is 2. The largest absolute Gasteiger partial charge is 0.343 e. The number of carbonyl (C=O) groups is 1. The lowest BCUT2D eigenvalue weighted by Gasteiger charge is -2.11. The third-order valence-corrected chi connectivity index (χ3v) is 5.52. The first kappa shape index (κ1) is 19.8. The molecule has 1 amide bonds. The van der Waals surface area contributed by atoms with E-state index in [2.05, 4.69) is 22.2 Å². The molecule has 1 N–H and O–H groups in total. The quantitative estimate of drug-likeness (QED) is 0.630. The first-order valence-corrected chi connectivity index (χ1v) is 10.3. The van der Waals surface area contributed by atoms with Crippen LogP contribution in [-0.4, -0.2) is 50.8 Å². The topological polar surface area (TPSA) is 75.4 Å². The zero-order valence-electron chi connectivity index (χ0n) is 17.0. The van der Waals surface area contributed by atoms with Crippen LogP contribution in [0.25, 0.3) is 5.65 Å². The van der Waals surface area contributed by atoms with Gasteiger partial charge in [0.05, 0.1) is 10.7 Å². The Morgan fingerprint density at radius 1 is 1.24 bits per heavy atom. The average molecular weight is 413 g/mol. The fraction of sp³-hybridized carbons (Fsp3) is 0.429. The van der Waals surface area contributed by atoms with Crippen molar-refractivity contribution in [2.24, 2.45) is 0 Å². The highest BCUT2D eigenvalue weighted by Gasteiger charge is 2.20. The normalized spacial score (nSPS) is 13.1. The van der Waals surface area contributed by atoms with E-state index in [0.717, 1.165) is 36.5 Å². The molecule has 1 aliphatic rings. The van der Waals surface area contributed by atoms with Crippen molar-refractivity contribution in [1.82, 2.24) is 29.6 Å². The Bertz CT molecular complexity index is 1070. The van der Waals surface area contributed by atoms with Gasteiger partial charge in [0.1, 0.15) is 11.5 Å². The summed E-state index contributed by atoms with van der Waals surface area (Å²) in [4.78, 5) is 28.0. The maximum absolute atomic E-state index is 12.6. The SMILES string of the molecule is Cc1nc(CCNCc2c(C(=O)N(C)C)nc3ccc(Cl)cn23)nc2c1CCC2. The number of rotatable bonds is 6. The lowest BCUT2D eigenvalue weighted by atomic mass is 10.2. The van der Waals surface area contributed by atoms with Crippen LogP contribution in [-0.2, 0) is 25.8 Å². The van der Waals surface area contributed by atoms with Gasteiger partial charge in [0.15, 0.2) is 5.69 Å². The van der Waals surface area contributed by atoms with Crippen LogP contribution in [0.1, 0.15) is 45.4 Å². The lowest BCUT2D eigenvalue weighted by Crippen LogP contribution is -2.26. The molecule has 8 heteroatoms. The number of nitrogens with zero attached hydrogens (tertiary/aromatic N) is 5. The van der Waals surface area contributed by atoms with Crippen LogP contribution >= 0.6 is 11.6 Å². The highest BCUT2D eigenvalue weighted by Crippen LogP contribution is 2.22. The monoisotopic (exact) mass is 412 g/mol. The van der Waals surface area contributed by atoms with Gasteiger partial charge in [-0.05, 0) is 43.9 Å². The summed E-state index contributed by atoms with van der Waals surface area (Å²) in [7, 11) is 3.45. The molecule has 4 rings (SSSR count). The Hall–Kier alpha value is -2.51. The van der Waals surface area contributed by atoms with Crippen LogP contribution in [0.5, 0.6) is 0 Å². The van der Waals surface area contributed by atoms with E-state index in [0.29, 0.717) is 29.5 Å². The number of hydrogen-bond donors (Lipinski definition) is 1. The van der Waals surface area contributed by atoms with Gasteiger partial charge in [0, 0.05) is 51.2 Å². The number of amides is 1. The van der Waals surface area contributed by atoms with Gasteiger partial charge in [-0.1, -0.05) is 11.6 Å². The predicted octanol–water partition coefficient (Wildman–Crippen LogP) is 2.61. The summed E-state index contributed by atoms with van der Waals surface area (Å²) in [6, 6.07) is 3.60. The van der Waals surface area contributed by atoms with Crippen LogP contribution in [0.2, 0.25) is 5.02 Å².